The zero-order valence-electron chi connectivity index (χ0n) is 39.8. The van der Waals surface area contributed by atoms with Crippen molar-refractivity contribution in [2.45, 2.75) is 154 Å². The molecule has 3 aromatic carbocycles. The van der Waals surface area contributed by atoms with E-state index in [-0.39, 0.29) is 49.4 Å². The van der Waals surface area contributed by atoms with E-state index in [1.165, 1.54) is 38.5 Å². The molecule has 1 amide bonds. The topological polar surface area (TPSA) is 110 Å². The Labute approximate surface area is 390 Å². The number of aliphatic hydroxyl groups is 2. The average Bonchev–Trinajstić information content (AvgIpc) is 3.33. The van der Waals surface area contributed by atoms with E-state index >= 15 is 0 Å². The number of hydrogen-bond donors (Lipinski definition) is 2. The van der Waals surface area contributed by atoms with E-state index in [4.69, 9.17) is 24.2 Å². The second-order valence-electron chi connectivity index (χ2n) is 18.3. The van der Waals surface area contributed by atoms with Gasteiger partial charge < -0.3 is 34.2 Å². The maximum atomic E-state index is 14.7. The normalized spacial score (nSPS) is 22.6. The number of allylic oxidation sites excluding steroid dienone is 1. The second kappa shape index (κ2) is 26.0. The lowest BCUT2D eigenvalue weighted by molar-refractivity contribution is -0.257. The Bertz CT molecular complexity index is 1960. The van der Waals surface area contributed by atoms with Gasteiger partial charge in [-0.25, -0.2) is 0 Å². The molecular weight excluding hydrogens is 813 g/mol. The third kappa shape index (κ3) is 12.7. The van der Waals surface area contributed by atoms with Crippen LogP contribution in [0.15, 0.2) is 102 Å². The Morgan fingerprint density at radius 3 is 2.17 bits per heavy atom. The predicted octanol–water partition coefficient (Wildman–Crippen LogP) is 13.0. The van der Waals surface area contributed by atoms with Gasteiger partial charge in [-0.2, -0.15) is 0 Å². The molecular formula is C56H78N2O7. The zero-order valence-corrected chi connectivity index (χ0v) is 39.8. The molecule has 1 saturated carbocycles. The van der Waals surface area contributed by atoms with E-state index < -0.39 is 11.8 Å². The molecule has 3 aromatic rings. The quantitative estimate of drug-likeness (QED) is 0.0406. The Morgan fingerprint density at radius 1 is 0.815 bits per heavy atom. The number of aliphatic hydroxyl groups excluding tert-OH is 2. The van der Waals surface area contributed by atoms with Crippen molar-refractivity contribution in [3.8, 4) is 28.4 Å². The number of rotatable bonds is 29. The van der Waals surface area contributed by atoms with Crippen LogP contribution in [0.1, 0.15) is 148 Å². The molecule has 6 atom stereocenters. The summed E-state index contributed by atoms with van der Waals surface area (Å²) in [6.07, 6.45) is 21.5. The van der Waals surface area contributed by atoms with E-state index in [1.54, 1.807) is 6.08 Å². The molecule has 354 valence electrons. The van der Waals surface area contributed by atoms with Crippen LogP contribution < -0.4 is 9.47 Å². The Kier molecular flexibility index (Phi) is 20.0. The van der Waals surface area contributed by atoms with Gasteiger partial charge in [0.2, 0.25) is 11.7 Å². The van der Waals surface area contributed by atoms with Crippen LogP contribution in [0.2, 0.25) is 0 Å². The number of nitrogens with zero attached hydrogens (tertiary/aromatic N) is 2. The smallest absolute Gasteiger partial charge is 0.239 e. The minimum atomic E-state index is -1.26. The second-order valence-corrected chi connectivity index (χ2v) is 18.3. The van der Waals surface area contributed by atoms with Crippen molar-refractivity contribution in [2.24, 2.45) is 22.9 Å². The largest absolute Gasteiger partial charge is 0.459 e. The van der Waals surface area contributed by atoms with E-state index in [9.17, 15) is 15.0 Å². The van der Waals surface area contributed by atoms with Gasteiger partial charge >= 0.3 is 0 Å². The Morgan fingerprint density at radius 2 is 1.49 bits per heavy atom. The van der Waals surface area contributed by atoms with Gasteiger partial charge in [0.05, 0.1) is 18.2 Å². The molecule has 6 rings (SSSR count). The molecule has 0 bridgehead atoms. The number of fused-ring (bicyclic) bond motifs is 2. The molecule has 0 saturated heterocycles. The van der Waals surface area contributed by atoms with E-state index in [0.717, 1.165) is 97.3 Å². The highest BCUT2D eigenvalue weighted by Gasteiger charge is 2.65. The molecule has 65 heavy (non-hydrogen) atoms. The van der Waals surface area contributed by atoms with Crippen molar-refractivity contribution < 1.29 is 34.1 Å². The first kappa shape index (κ1) is 50.0. The van der Waals surface area contributed by atoms with E-state index in [2.05, 4.69) is 61.7 Å². The first-order chi connectivity index (χ1) is 31.9. The van der Waals surface area contributed by atoms with Crippen molar-refractivity contribution >= 4 is 11.6 Å². The number of ether oxygens (including phenoxy) is 3. The fraction of sp³-hybridized carbons (Fsp3) is 0.571. The number of benzene rings is 3. The van der Waals surface area contributed by atoms with Gasteiger partial charge in [0.25, 0.3) is 0 Å². The highest BCUT2D eigenvalue weighted by atomic mass is 16.7. The lowest BCUT2D eigenvalue weighted by Crippen LogP contribution is -2.70. The number of unbranched alkanes of at least 4 members (excludes halogenated alkanes) is 10. The van der Waals surface area contributed by atoms with Crippen LogP contribution in [-0.2, 0) is 14.4 Å². The SMILES string of the molecule is C=CCO[C@@]12Oc3ccc(Oc4ccc(-c5ccccc5)cc4)cc3[C@H]3[C@H](CCCCO)[C@@H](CCCCO)C=C(C(=NOCC)C[C@@H]1N(CCC)C(=O)CCCCCCCCCCC)[C@H]32. The fourth-order valence-electron chi connectivity index (χ4n) is 10.8. The molecule has 1 heterocycles. The van der Waals surface area contributed by atoms with Crippen LogP contribution >= 0.6 is 0 Å². The van der Waals surface area contributed by atoms with Crippen LogP contribution in [0.3, 0.4) is 0 Å². The molecule has 1 fully saturated rings. The van der Waals surface area contributed by atoms with Crippen LogP contribution in [0.5, 0.6) is 17.2 Å². The minimum Gasteiger partial charge on any atom is -0.459 e. The summed E-state index contributed by atoms with van der Waals surface area (Å²) in [5, 5.41) is 24.8. The molecule has 2 aliphatic carbocycles. The summed E-state index contributed by atoms with van der Waals surface area (Å²) >= 11 is 0. The molecule has 1 aliphatic heterocycles. The molecule has 0 aromatic heterocycles. The van der Waals surface area contributed by atoms with Gasteiger partial charge in [0.1, 0.15) is 29.9 Å². The summed E-state index contributed by atoms with van der Waals surface area (Å²) in [5.74, 6) is 0.856. The maximum absolute atomic E-state index is 14.7. The first-order valence-electron chi connectivity index (χ1n) is 25.3. The molecule has 0 spiro atoms. The minimum absolute atomic E-state index is 0.115. The highest BCUT2D eigenvalue weighted by molar-refractivity contribution is 6.03. The van der Waals surface area contributed by atoms with Crippen LogP contribution in [0, 0.1) is 17.8 Å². The number of carbonyl (C=O) groups is 1. The molecule has 9 nitrogen and oxygen atoms in total. The van der Waals surface area contributed by atoms with Crippen molar-refractivity contribution in [3.63, 3.8) is 0 Å². The number of amides is 1. The van der Waals surface area contributed by atoms with Gasteiger partial charge in [-0.3, -0.25) is 4.79 Å². The van der Waals surface area contributed by atoms with Crippen molar-refractivity contribution in [1.82, 2.24) is 4.90 Å². The van der Waals surface area contributed by atoms with Gasteiger partial charge in [0, 0.05) is 44.1 Å². The van der Waals surface area contributed by atoms with Crippen LogP contribution in [0.25, 0.3) is 11.1 Å². The van der Waals surface area contributed by atoms with Crippen LogP contribution in [-0.4, -0.2) is 71.5 Å². The summed E-state index contributed by atoms with van der Waals surface area (Å²) in [7, 11) is 0. The molecule has 0 radical (unpaired) electrons. The lowest BCUT2D eigenvalue weighted by Gasteiger charge is -2.60. The summed E-state index contributed by atoms with van der Waals surface area (Å²) in [4.78, 5) is 22.7. The van der Waals surface area contributed by atoms with Gasteiger partial charge in [-0.15, -0.1) is 6.58 Å². The third-order valence-corrected chi connectivity index (χ3v) is 13.8. The molecule has 2 N–H and O–H groups in total. The molecule has 0 unspecified atom stereocenters. The number of carbonyl (C=O) groups excluding carboxylic acids is 1. The lowest BCUT2D eigenvalue weighted by atomic mass is 9.55. The average molecular weight is 891 g/mol. The van der Waals surface area contributed by atoms with Gasteiger partial charge in [0.15, 0.2) is 0 Å². The summed E-state index contributed by atoms with van der Waals surface area (Å²) in [6.45, 7) is 11.9. The maximum Gasteiger partial charge on any atom is 0.239 e. The Balaban J connectivity index is 1.43. The van der Waals surface area contributed by atoms with Gasteiger partial charge in [-0.05, 0) is 104 Å². The fourth-order valence-corrected chi connectivity index (χ4v) is 10.8. The number of hydrogen-bond acceptors (Lipinski definition) is 8. The summed E-state index contributed by atoms with van der Waals surface area (Å²) in [5.41, 5.74) is 5.19. The Hall–Kier alpha value is -4.44. The zero-order chi connectivity index (χ0) is 45.9. The summed E-state index contributed by atoms with van der Waals surface area (Å²) < 4.78 is 21.3. The van der Waals surface area contributed by atoms with Crippen molar-refractivity contribution in [2.75, 3.05) is 33.0 Å². The van der Waals surface area contributed by atoms with E-state index in [1.807, 2.05) is 49.4 Å². The first-order valence-corrected chi connectivity index (χ1v) is 25.3. The number of oxime groups is 1. The van der Waals surface area contributed by atoms with Crippen molar-refractivity contribution in [3.05, 3.63) is 103 Å². The third-order valence-electron chi connectivity index (χ3n) is 13.8. The standard InChI is InChI=1S/C56H78N2O7/c1-5-9-10-11-12-13-14-15-19-28-53(61)58(35-6-2)52-41-50(57-63-8-4)48-39-44(26-20-22-36-59)47(27-21-23-37-60)54-49-40-46(33-34-51(49)65-56(52,55(48)54)62-38-7-3)64-45-31-29-43(30-32-45)42-24-17-16-18-25-42/h7,16-18,24-25,29-34,39-40,44,47,52,54-55,59-60H,3,5-6,8-15,19-23,26-28,35-38,41H2,1-2,4H3/t44-,47+,52-,54+,55+,56+/m0/s1. The van der Waals surface area contributed by atoms with E-state index in [0.29, 0.717) is 38.2 Å². The molecule has 3 aliphatic rings. The highest BCUT2D eigenvalue weighted by Crippen LogP contribution is 2.62. The summed E-state index contributed by atoms with van der Waals surface area (Å²) in [6, 6.07) is 24.2. The molecule has 9 heteroatoms. The van der Waals surface area contributed by atoms with Crippen molar-refractivity contribution in [1.29, 1.82) is 0 Å². The van der Waals surface area contributed by atoms with Crippen LogP contribution in [0.4, 0.5) is 0 Å². The van der Waals surface area contributed by atoms with Gasteiger partial charge in [-0.1, -0.05) is 138 Å². The predicted molar refractivity (Wildman–Crippen MR) is 262 cm³/mol. The monoisotopic (exact) mass is 891 g/mol.